The fourth-order valence-corrected chi connectivity index (χ4v) is 8.09. The molecule has 2 aromatic heterocycles. The molecule has 2 aliphatic heterocycles. The number of halogens is 5. The van der Waals surface area contributed by atoms with Crippen molar-refractivity contribution in [2.24, 2.45) is 17.3 Å². The number of aromatic nitrogens is 3. The molecule has 4 atom stereocenters. The second kappa shape index (κ2) is 18.4. The fraction of sp³-hybridized carbons (Fsp3) is 0.455. The molecule has 0 radical (unpaired) electrons. The van der Waals surface area contributed by atoms with E-state index in [0.717, 1.165) is 6.07 Å². The lowest BCUT2D eigenvalue weighted by atomic mass is 9.94. The molecule has 6 rings (SSSR count). The van der Waals surface area contributed by atoms with Crippen LogP contribution in [0.15, 0.2) is 54.7 Å². The highest BCUT2D eigenvalue weighted by molar-refractivity contribution is 6.34. The summed E-state index contributed by atoms with van der Waals surface area (Å²) in [5, 5.41) is 5.04. The summed E-state index contributed by atoms with van der Waals surface area (Å²) in [6, 6.07) is 9.66. The third-order valence-electron chi connectivity index (χ3n) is 11.1. The Bertz CT molecular complexity index is 2330. The first-order chi connectivity index (χ1) is 29.5. The molecule has 63 heavy (non-hydrogen) atoms. The minimum atomic E-state index is -5.11. The first-order valence-electron chi connectivity index (χ1n) is 20.5. The van der Waals surface area contributed by atoms with Crippen LogP contribution in [0.2, 0.25) is 5.02 Å². The van der Waals surface area contributed by atoms with Gasteiger partial charge in [-0.2, -0.15) is 4.39 Å². The Morgan fingerprint density at radius 1 is 0.968 bits per heavy atom. The van der Waals surface area contributed by atoms with Gasteiger partial charge in [0.2, 0.25) is 17.8 Å². The summed E-state index contributed by atoms with van der Waals surface area (Å²) in [6.07, 6.45) is -4.05. The van der Waals surface area contributed by atoms with Crippen molar-refractivity contribution in [2.75, 3.05) is 43.5 Å². The predicted octanol–water partition coefficient (Wildman–Crippen LogP) is 8.46. The van der Waals surface area contributed by atoms with E-state index in [0.29, 0.717) is 38.4 Å². The number of likely N-dealkylation sites (tertiary alicyclic amines) is 1. The van der Waals surface area contributed by atoms with Crippen LogP contribution < -0.4 is 20.3 Å². The van der Waals surface area contributed by atoms with Gasteiger partial charge in [-0.15, -0.1) is 13.2 Å². The Morgan fingerprint density at radius 3 is 2.24 bits per heavy atom. The molecule has 2 saturated heterocycles. The van der Waals surface area contributed by atoms with Crippen molar-refractivity contribution in [2.45, 2.75) is 79.4 Å². The van der Waals surface area contributed by atoms with E-state index in [2.05, 4.69) is 30.3 Å². The molecular weight excluding hydrogens is 848 g/mol. The number of benzene rings is 2. The van der Waals surface area contributed by atoms with Crippen LogP contribution in [0.5, 0.6) is 5.75 Å². The number of aromatic amines is 1. The summed E-state index contributed by atoms with van der Waals surface area (Å²) in [6.45, 7) is 15.0. The Balaban J connectivity index is 1.19. The van der Waals surface area contributed by atoms with Crippen LogP contribution in [-0.2, 0) is 14.3 Å². The summed E-state index contributed by atoms with van der Waals surface area (Å²) in [4.78, 5) is 68.9. The van der Waals surface area contributed by atoms with E-state index in [-0.39, 0.29) is 74.2 Å². The number of nitrogens with zero attached hydrogens (tertiary/aromatic N) is 5. The third kappa shape index (κ3) is 10.7. The molecule has 0 saturated carbocycles. The zero-order chi connectivity index (χ0) is 46.1. The van der Waals surface area contributed by atoms with Gasteiger partial charge in [0.1, 0.15) is 29.1 Å². The lowest BCUT2D eigenvalue weighted by molar-refractivity contribution is -0.274. The maximum atomic E-state index is 15.6. The topological polar surface area (TPSA) is 162 Å². The van der Waals surface area contributed by atoms with Gasteiger partial charge >= 0.3 is 12.5 Å². The highest BCUT2D eigenvalue weighted by atomic mass is 35.5. The first-order valence-corrected chi connectivity index (χ1v) is 20.9. The average Bonchev–Trinajstić information content (AvgIpc) is 3.81. The molecule has 4 unspecified atom stereocenters. The Kier molecular flexibility index (Phi) is 13.6. The Labute approximate surface area is 367 Å². The van der Waals surface area contributed by atoms with E-state index < -0.39 is 47.6 Å². The summed E-state index contributed by atoms with van der Waals surface area (Å²) in [5.41, 5.74) is -0.168. The number of H-pyrrole nitrogens is 1. The quantitative estimate of drug-likeness (QED) is 0.133. The average molecular weight is 899 g/mol. The normalized spacial score (nSPS) is 18.6. The molecule has 4 amide bonds. The molecule has 19 heteroatoms. The lowest BCUT2D eigenvalue weighted by Crippen LogP contribution is -2.56. The van der Waals surface area contributed by atoms with Gasteiger partial charge in [0, 0.05) is 61.0 Å². The second-order valence-corrected chi connectivity index (χ2v) is 17.8. The molecule has 2 aliphatic rings. The number of carbonyl (C=O) groups excluding carboxylic acids is 4. The van der Waals surface area contributed by atoms with E-state index in [9.17, 15) is 32.3 Å². The predicted molar refractivity (Wildman–Crippen MR) is 229 cm³/mol. The molecule has 0 bridgehead atoms. The smallest absolute Gasteiger partial charge is 0.453 e. The van der Waals surface area contributed by atoms with Gasteiger partial charge in [0.05, 0.1) is 29.4 Å². The van der Waals surface area contributed by atoms with E-state index in [4.69, 9.17) is 16.3 Å². The highest BCUT2D eigenvalue weighted by Crippen LogP contribution is 2.41. The molecule has 4 aromatic rings. The van der Waals surface area contributed by atoms with Gasteiger partial charge in [0.25, 0.3) is 5.91 Å². The number of hydrogen-bond acceptors (Lipinski definition) is 9. The first kappa shape index (κ1) is 46.6. The number of nitrogens with one attached hydrogen (secondary N) is 3. The molecular formula is C44H51ClF4N8O6. The van der Waals surface area contributed by atoms with Crippen molar-refractivity contribution in [3.8, 4) is 28.1 Å². The Morgan fingerprint density at radius 2 is 1.65 bits per heavy atom. The minimum absolute atomic E-state index is 0.0407. The molecule has 14 nitrogen and oxygen atoms in total. The molecule has 3 N–H and O–H groups in total. The van der Waals surface area contributed by atoms with Crippen molar-refractivity contribution in [3.05, 3.63) is 77.1 Å². The molecule has 338 valence electrons. The monoisotopic (exact) mass is 898 g/mol. The Hall–Kier alpha value is -5.91. The van der Waals surface area contributed by atoms with Gasteiger partial charge in [-0.05, 0) is 48.9 Å². The molecule has 0 spiro atoms. The summed E-state index contributed by atoms with van der Waals surface area (Å²) in [5.74, 6) is -1.88. The fourth-order valence-electron chi connectivity index (χ4n) is 7.88. The number of pyridine rings is 1. The zero-order valence-electron chi connectivity index (χ0n) is 36.2. The van der Waals surface area contributed by atoms with Gasteiger partial charge in [-0.25, -0.2) is 14.8 Å². The number of rotatable bonds is 10. The molecule has 2 fully saturated rings. The SMILES string of the molecule is COC(=O)NC(C(=O)N1CC(C)CC1c1nc(-c2ccc(-c3cc(Cl)c(NC(=O)c4ccc(N5CCN(C(=O)C(C)(C)C)CC5C)nc4)cc3OC(F)(F)F)cc2)c(F)[nH]1)C(C)C. The van der Waals surface area contributed by atoms with Crippen molar-refractivity contribution < 1.29 is 46.2 Å². The van der Waals surface area contributed by atoms with Crippen molar-refractivity contribution in [1.29, 1.82) is 0 Å². The molecule has 4 heterocycles. The number of piperazine rings is 1. The van der Waals surface area contributed by atoms with Crippen molar-refractivity contribution in [3.63, 3.8) is 0 Å². The summed E-state index contributed by atoms with van der Waals surface area (Å²) >= 11 is 6.56. The van der Waals surface area contributed by atoms with Crippen LogP contribution in [-0.4, -0.2) is 100 Å². The molecule has 2 aromatic carbocycles. The maximum absolute atomic E-state index is 15.6. The maximum Gasteiger partial charge on any atom is 0.573 e. The van der Waals surface area contributed by atoms with Gasteiger partial charge in [0.15, 0.2) is 0 Å². The van der Waals surface area contributed by atoms with E-state index in [1.807, 2.05) is 44.4 Å². The number of amides is 4. The largest absolute Gasteiger partial charge is 0.573 e. The summed E-state index contributed by atoms with van der Waals surface area (Å²) in [7, 11) is 1.20. The number of alkyl carbamates (subject to hydrolysis) is 1. The molecule has 0 aliphatic carbocycles. The van der Waals surface area contributed by atoms with Crippen LogP contribution in [0.1, 0.15) is 77.1 Å². The van der Waals surface area contributed by atoms with E-state index in [1.165, 1.54) is 49.7 Å². The number of imidazole rings is 1. The standard InChI is InChI=1S/C44H51ClF4N8O6/c1-23(2)35(53-42(61)62-8)40(59)57-21-24(3)17-32(57)38-52-36(37(46)54-38)27-11-9-26(10-12-27)29-18-30(45)31(19-33(29)63-44(47,48)49)51-39(58)28-13-14-34(50-20-28)56-16-15-55(22-25(56)4)41(60)43(5,6)7/h9-14,18-20,23-25,32,35H,15-17,21-22H2,1-8H3,(H,51,58)(H,52,54)(H,53,61). The second-order valence-electron chi connectivity index (χ2n) is 17.3. The van der Waals surface area contributed by atoms with Crippen molar-refractivity contribution >= 4 is 46.9 Å². The number of anilines is 2. The van der Waals surface area contributed by atoms with Gasteiger partial charge in [-0.1, -0.05) is 77.4 Å². The number of alkyl halides is 3. The summed E-state index contributed by atoms with van der Waals surface area (Å²) < 4.78 is 66.0. The number of carbonyl (C=O) groups is 4. The number of hydrogen-bond donors (Lipinski definition) is 3. The van der Waals surface area contributed by atoms with Gasteiger partial charge < -0.3 is 39.8 Å². The van der Waals surface area contributed by atoms with Crippen LogP contribution in [0, 0.1) is 23.2 Å². The van der Waals surface area contributed by atoms with Crippen LogP contribution in [0.25, 0.3) is 22.4 Å². The van der Waals surface area contributed by atoms with E-state index >= 15 is 4.39 Å². The highest BCUT2D eigenvalue weighted by Gasteiger charge is 2.41. The van der Waals surface area contributed by atoms with Crippen molar-refractivity contribution in [1.82, 2.24) is 30.1 Å². The minimum Gasteiger partial charge on any atom is -0.453 e. The van der Waals surface area contributed by atoms with Crippen LogP contribution in [0.4, 0.5) is 33.9 Å². The lowest BCUT2D eigenvalue weighted by Gasteiger charge is -2.42. The number of ether oxygens (including phenoxy) is 2. The van der Waals surface area contributed by atoms with Gasteiger partial charge in [-0.3, -0.25) is 14.4 Å². The third-order valence-corrected chi connectivity index (χ3v) is 11.4. The van der Waals surface area contributed by atoms with E-state index in [1.54, 1.807) is 24.8 Å². The zero-order valence-corrected chi connectivity index (χ0v) is 36.9. The number of methoxy groups -OCH3 is 1. The van der Waals surface area contributed by atoms with Crippen LogP contribution in [0.3, 0.4) is 0 Å². The van der Waals surface area contributed by atoms with Crippen LogP contribution >= 0.6 is 11.6 Å².